The van der Waals surface area contributed by atoms with E-state index in [2.05, 4.69) is 67.2 Å². The molecule has 0 saturated heterocycles. The van der Waals surface area contributed by atoms with Crippen LogP contribution in [-0.2, 0) is 38.4 Å². The van der Waals surface area contributed by atoms with E-state index in [4.69, 9.17) is 74.5 Å². The minimum Gasteiger partial charge on any atom is -0.480 e. The standard InChI is InChI=1S/C42H84N26O10/c1-21(43)29(70)68-28(20-69)35(76)66-25(11-5-17-59-40(50)51)33(74)64-23(9-3-15-57-38(46)47)31(72)62-22(8-2-14-56-37(44)45)30(71)63-24(10-4-16-58-39(48)49)32(73)65-26(12-6-18-60-41(52)53)34(75)67-27(36(77)78)13-7-19-61-42(54)55/h21-28,69H,2-20,43H2,1H3,(H,62,72)(H,63,71)(H,64,74)(H,65,73)(H,66,76)(H,67,75)(H,68,70)(H,77,78)(H4,44,45,56)(H4,46,47,57)(H4,48,49,58)(H4,50,51,59)(H4,52,53,60)(H4,54,55,61)/t21-,22-,23-,24-,25-,26-,27-,28-/m0/s1. The maximum Gasteiger partial charge on any atom is 0.326 e. The van der Waals surface area contributed by atoms with Crippen molar-refractivity contribution in [2.24, 2.45) is 104 Å². The number of nitrogens with zero attached hydrogens (tertiary/aromatic N) is 6. The highest BCUT2D eigenvalue weighted by Crippen LogP contribution is 2.10. The summed E-state index contributed by atoms with van der Waals surface area (Å²) in [5, 5.41) is 37.4. The molecule has 0 fully saturated rings. The van der Waals surface area contributed by atoms with Gasteiger partial charge in [0.1, 0.15) is 42.3 Å². The van der Waals surface area contributed by atoms with Gasteiger partial charge in [-0.15, -0.1) is 0 Å². The van der Waals surface area contributed by atoms with Crippen LogP contribution in [0.5, 0.6) is 0 Å². The van der Waals surface area contributed by atoms with E-state index in [-0.39, 0.29) is 152 Å². The molecule has 8 atom stereocenters. The summed E-state index contributed by atoms with van der Waals surface area (Å²) >= 11 is 0. The number of carbonyl (C=O) groups excluding carboxylic acids is 7. The molecule has 36 nitrogen and oxygen atoms in total. The molecule has 7 amide bonds. The summed E-state index contributed by atoms with van der Waals surface area (Å²) in [7, 11) is 0. The van der Waals surface area contributed by atoms with Crippen LogP contribution in [0, 0.1) is 0 Å². The molecule has 0 aromatic carbocycles. The van der Waals surface area contributed by atoms with Crippen LogP contribution >= 0.6 is 0 Å². The Morgan fingerprint density at radius 3 is 0.692 bits per heavy atom. The number of hydrogen-bond donors (Lipinski definition) is 22. The largest absolute Gasteiger partial charge is 0.480 e. The van der Waals surface area contributed by atoms with Gasteiger partial charge in [0.25, 0.3) is 0 Å². The lowest BCUT2D eigenvalue weighted by Gasteiger charge is -2.28. The molecule has 0 heterocycles. The fourth-order valence-electron chi connectivity index (χ4n) is 6.75. The zero-order valence-corrected chi connectivity index (χ0v) is 43.9. The predicted octanol–water partition coefficient (Wildman–Crippen LogP) is -10.9. The number of carboxylic acids is 1. The summed E-state index contributed by atoms with van der Waals surface area (Å²) in [4.78, 5) is 132. The highest BCUT2D eigenvalue weighted by molar-refractivity contribution is 5.97. The summed E-state index contributed by atoms with van der Waals surface area (Å²) < 4.78 is 0. The van der Waals surface area contributed by atoms with Crippen LogP contribution < -0.4 is 112 Å². The molecule has 0 aliphatic carbocycles. The van der Waals surface area contributed by atoms with Gasteiger partial charge in [-0.25, -0.2) is 4.79 Å². The van der Waals surface area contributed by atoms with Crippen LogP contribution in [0.2, 0.25) is 0 Å². The number of carbonyl (C=O) groups is 8. The smallest absolute Gasteiger partial charge is 0.326 e. The van der Waals surface area contributed by atoms with Crippen LogP contribution in [0.3, 0.4) is 0 Å². The molecule has 0 unspecified atom stereocenters. The van der Waals surface area contributed by atoms with E-state index in [0.29, 0.717) is 0 Å². The van der Waals surface area contributed by atoms with Crippen molar-refractivity contribution in [3.63, 3.8) is 0 Å². The minimum absolute atomic E-state index is 0.000464. The lowest BCUT2D eigenvalue weighted by molar-refractivity contribution is -0.142. The van der Waals surface area contributed by atoms with Crippen molar-refractivity contribution in [3.05, 3.63) is 0 Å². The van der Waals surface area contributed by atoms with Crippen LogP contribution in [0.4, 0.5) is 0 Å². The van der Waals surface area contributed by atoms with E-state index in [1.54, 1.807) is 0 Å². The third-order valence-corrected chi connectivity index (χ3v) is 10.7. The van der Waals surface area contributed by atoms with Gasteiger partial charge in [0.15, 0.2) is 35.8 Å². The quantitative estimate of drug-likeness (QED) is 0.0154. The number of hydrogen-bond acceptors (Lipinski definition) is 16. The Morgan fingerprint density at radius 1 is 0.333 bits per heavy atom. The van der Waals surface area contributed by atoms with Crippen molar-refractivity contribution < 1.29 is 48.6 Å². The Kier molecular flexibility index (Phi) is 34.5. The molecule has 0 saturated carbocycles. The number of guanidine groups is 6. The maximum atomic E-state index is 14.4. The molecule has 35 N–H and O–H groups in total. The molecule has 0 aromatic heterocycles. The van der Waals surface area contributed by atoms with E-state index < -0.39 is 102 Å². The first-order chi connectivity index (χ1) is 36.7. The number of amides is 7. The molecule has 36 heteroatoms. The maximum absolute atomic E-state index is 14.4. The molecule has 0 aliphatic heterocycles. The molecule has 0 rings (SSSR count). The lowest BCUT2D eigenvalue weighted by atomic mass is 10.0. The first-order valence-electron chi connectivity index (χ1n) is 24.7. The Hall–Kier alpha value is -8.70. The molecule has 0 bridgehead atoms. The summed E-state index contributed by atoms with van der Waals surface area (Å²) in [6.45, 7) is 0.428. The number of nitrogens with two attached hydrogens (primary N) is 13. The first-order valence-corrected chi connectivity index (χ1v) is 24.7. The fourth-order valence-corrected chi connectivity index (χ4v) is 6.75. The second-order valence-electron chi connectivity index (χ2n) is 17.4. The van der Waals surface area contributed by atoms with Gasteiger partial charge in [0, 0.05) is 39.3 Å². The van der Waals surface area contributed by atoms with Gasteiger partial charge in [-0.2, -0.15) is 0 Å². The van der Waals surface area contributed by atoms with E-state index in [9.17, 15) is 48.6 Å². The normalized spacial score (nSPS) is 13.7. The second kappa shape index (κ2) is 38.8. The topological polar surface area (TPSA) is 674 Å². The van der Waals surface area contributed by atoms with E-state index in [1.807, 2.05) is 0 Å². The van der Waals surface area contributed by atoms with Crippen molar-refractivity contribution in [2.75, 3.05) is 45.9 Å². The molecular weight excluding hydrogens is 1030 g/mol. The molecule has 0 aliphatic rings. The Balaban J connectivity index is 7.25. The monoisotopic (exact) mass is 1110 g/mol. The van der Waals surface area contributed by atoms with E-state index >= 15 is 0 Å². The number of aliphatic hydroxyl groups is 1. The molecular formula is C42H84N26O10. The molecule has 0 aromatic rings. The van der Waals surface area contributed by atoms with E-state index in [0.717, 1.165) is 0 Å². The van der Waals surface area contributed by atoms with E-state index in [1.165, 1.54) is 6.92 Å². The highest BCUT2D eigenvalue weighted by atomic mass is 16.4. The average Bonchev–Trinajstić information content (AvgIpc) is 3.34. The third kappa shape index (κ3) is 32.6. The van der Waals surface area contributed by atoms with Crippen LogP contribution in [0.15, 0.2) is 30.0 Å². The minimum atomic E-state index is -1.55. The number of nitrogens with one attached hydrogen (secondary N) is 7. The van der Waals surface area contributed by atoms with Crippen molar-refractivity contribution in [1.29, 1.82) is 0 Å². The Labute approximate surface area is 450 Å². The number of rotatable bonds is 40. The van der Waals surface area contributed by atoms with Gasteiger partial charge in [-0.3, -0.25) is 63.5 Å². The third-order valence-electron chi connectivity index (χ3n) is 10.7. The summed E-state index contributed by atoms with van der Waals surface area (Å²) in [6, 6.07) is -11.4. The predicted molar refractivity (Wildman–Crippen MR) is 291 cm³/mol. The summed E-state index contributed by atoms with van der Waals surface area (Å²) in [5.41, 5.74) is 71.2. The van der Waals surface area contributed by atoms with Crippen LogP contribution in [-0.4, -0.2) is 188 Å². The molecule has 442 valence electrons. The molecule has 0 spiro atoms. The van der Waals surface area contributed by atoms with Gasteiger partial charge in [-0.05, 0) is 84.0 Å². The van der Waals surface area contributed by atoms with Crippen molar-refractivity contribution in [2.45, 2.75) is 132 Å². The number of aliphatic hydroxyl groups excluding tert-OH is 1. The molecule has 78 heavy (non-hydrogen) atoms. The van der Waals surface area contributed by atoms with Gasteiger partial charge in [0.05, 0.1) is 12.6 Å². The average molecular weight is 1110 g/mol. The zero-order chi connectivity index (χ0) is 59.3. The SMILES string of the molecule is C[C@H](N)C(=O)N[C@@H](CO)C(=O)N[C@@H](CCCN=C(N)N)C(=O)N[C@@H](CCCN=C(N)N)C(=O)N[C@@H](CCCN=C(N)N)C(=O)N[C@@H](CCCN=C(N)N)C(=O)N[C@@H](CCCN=C(N)N)C(=O)N[C@@H](CCCN=C(N)N)C(=O)O. The van der Waals surface area contributed by atoms with Gasteiger partial charge in [0.2, 0.25) is 41.4 Å². The van der Waals surface area contributed by atoms with Crippen LogP contribution in [0.25, 0.3) is 0 Å². The number of carboxylic acid groups (broad SMARTS) is 1. The number of aliphatic imine (C=N–C) groups is 6. The van der Waals surface area contributed by atoms with Gasteiger partial charge in [-0.1, -0.05) is 0 Å². The lowest BCUT2D eigenvalue weighted by Crippen LogP contribution is -2.60. The Morgan fingerprint density at radius 2 is 0.513 bits per heavy atom. The van der Waals surface area contributed by atoms with Crippen LogP contribution in [0.1, 0.15) is 84.0 Å². The highest BCUT2D eigenvalue weighted by Gasteiger charge is 2.34. The second-order valence-corrected chi connectivity index (χ2v) is 17.4. The van der Waals surface area contributed by atoms with Gasteiger partial charge < -0.3 is 122 Å². The summed E-state index contributed by atoms with van der Waals surface area (Å²) in [5.74, 6) is -9.40. The van der Waals surface area contributed by atoms with Crippen molar-refractivity contribution in [3.8, 4) is 0 Å². The van der Waals surface area contributed by atoms with Crippen molar-refractivity contribution in [1.82, 2.24) is 37.2 Å². The molecule has 0 radical (unpaired) electrons. The Bertz CT molecular complexity index is 2110. The fraction of sp³-hybridized carbons (Fsp3) is 0.667. The zero-order valence-electron chi connectivity index (χ0n) is 43.9. The van der Waals surface area contributed by atoms with Crippen molar-refractivity contribution >= 4 is 83.1 Å². The van der Waals surface area contributed by atoms with Gasteiger partial charge >= 0.3 is 5.97 Å². The number of aliphatic carboxylic acids is 1. The summed E-state index contributed by atoms with van der Waals surface area (Å²) in [6.07, 6.45) is -0.340. The first kappa shape index (κ1) is 69.3.